The molecule has 1 unspecified atom stereocenters. The van der Waals surface area contributed by atoms with E-state index in [1.54, 1.807) is 12.1 Å². The Bertz CT molecular complexity index is 739. The maximum Gasteiger partial charge on any atom is 0.248 e. The largest absolute Gasteiger partial charge is 0.463 e. The molecule has 2 aromatic rings. The van der Waals surface area contributed by atoms with Gasteiger partial charge in [0, 0.05) is 19.4 Å². The SMILES string of the molecule is N#Cc1c(NCC2CCC(F)(F)C2)nc(N)nc1-c1ccco1. The lowest BCUT2D eigenvalue weighted by molar-refractivity contribution is 0.00556. The second-order valence-electron chi connectivity index (χ2n) is 5.59. The van der Waals surface area contributed by atoms with E-state index in [0.717, 1.165) is 0 Å². The number of nitrogens with one attached hydrogen (secondary N) is 1. The lowest BCUT2D eigenvalue weighted by atomic mass is 10.1. The number of rotatable bonds is 4. The van der Waals surface area contributed by atoms with Crippen LogP contribution in [0.5, 0.6) is 0 Å². The fraction of sp³-hybridized carbons (Fsp3) is 0.400. The van der Waals surface area contributed by atoms with Crippen LogP contribution in [0, 0.1) is 17.2 Å². The van der Waals surface area contributed by atoms with Gasteiger partial charge in [-0.2, -0.15) is 10.2 Å². The number of nitriles is 1. The summed E-state index contributed by atoms with van der Waals surface area (Å²) in [4.78, 5) is 8.06. The number of nitrogens with zero attached hydrogens (tertiary/aromatic N) is 3. The van der Waals surface area contributed by atoms with Gasteiger partial charge in [0.15, 0.2) is 5.76 Å². The molecule has 1 aliphatic carbocycles. The molecule has 0 amide bonds. The molecule has 3 N–H and O–H groups in total. The van der Waals surface area contributed by atoms with E-state index in [0.29, 0.717) is 18.7 Å². The predicted molar refractivity (Wildman–Crippen MR) is 79.6 cm³/mol. The number of furan rings is 1. The number of hydrogen-bond acceptors (Lipinski definition) is 6. The van der Waals surface area contributed by atoms with Crippen molar-refractivity contribution in [2.45, 2.75) is 25.2 Å². The Kier molecular flexibility index (Phi) is 3.86. The number of alkyl halides is 2. The molecule has 0 bridgehead atoms. The smallest absolute Gasteiger partial charge is 0.248 e. The number of anilines is 2. The lowest BCUT2D eigenvalue weighted by Crippen LogP contribution is -2.17. The highest BCUT2D eigenvalue weighted by Crippen LogP contribution is 2.39. The Morgan fingerprint density at radius 3 is 2.91 bits per heavy atom. The zero-order valence-electron chi connectivity index (χ0n) is 12.2. The summed E-state index contributed by atoms with van der Waals surface area (Å²) in [6, 6.07) is 5.35. The Morgan fingerprint density at radius 1 is 1.48 bits per heavy atom. The average molecular weight is 319 g/mol. The normalized spacial score (nSPS) is 19.4. The third-order valence-corrected chi connectivity index (χ3v) is 3.86. The molecule has 1 aliphatic rings. The Labute approximate surface area is 131 Å². The second-order valence-corrected chi connectivity index (χ2v) is 5.59. The summed E-state index contributed by atoms with van der Waals surface area (Å²) in [6.07, 6.45) is 1.64. The Morgan fingerprint density at radius 2 is 2.30 bits per heavy atom. The summed E-state index contributed by atoms with van der Waals surface area (Å²) in [5.41, 5.74) is 6.14. The van der Waals surface area contributed by atoms with Crippen molar-refractivity contribution in [1.29, 1.82) is 5.26 Å². The van der Waals surface area contributed by atoms with Crippen LogP contribution in [0.4, 0.5) is 20.5 Å². The molecule has 0 spiro atoms. The lowest BCUT2D eigenvalue weighted by Gasteiger charge is -2.14. The first-order valence-electron chi connectivity index (χ1n) is 7.22. The summed E-state index contributed by atoms with van der Waals surface area (Å²) in [5.74, 6) is -2.16. The number of halogens is 2. The van der Waals surface area contributed by atoms with E-state index >= 15 is 0 Å². The topological polar surface area (TPSA) is 101 Å². The van der Waals surface area contributed by atoms with E-state index in [-0.39, 0.29) is 41.8 Å². The fourth-order valence-electron chi connectivity index (χ4n) is 2.76. The van der Waals surface area contributed by atoms with Gasteiger partial charge in [-0.3, -0.25) is 0 Å². The molecule has 6 nitrogen and oxygen atoms in total. The first kappa shape index (κ1) is 15.2. The van der Waals surface area contributed by atoms with Crippen LogP contribution in [0.25, 0.3) is 11.5 Å². The monoisotopic (exact) mass is 319 g/mol. The van der Waals surface area contributed by atoms with Crippen LogP contribution in [0.3, 0.4) is 0 Å². The van der Waals surface area contributed by atoms with Crippen LogP contribution in [-0.4, -0.2) is 22.4 Å². The zero-order valence-corrected chi connectivity index (χ0v) is 12.2. The van der Waals surface area contributed by atoms with Gasteiger partial charge in [0.2, 0.25) is 11.9 Å². The predicted octanol–water partition coefficient (Wildman–Crippen LogP) is 3.04. The standard InChI is InChI=1S/C15H15F2N5O/c16-15(17)4-3-9(6-15)8-20-13-10(7-18)12(21-14(19)22-13)11-2-1-5-23-11/h1-2,5,9H,3-4,6,8H2,(H3,19,20,21,22). The van der Waals surface area contributed by atoms with Crippen molar-refractivity contribution in [3.63, 3.8) is 0 Å². The fourth-order valence-corrected chi connectivity index (χ4v) is 2.76. The van der Waals surface area contributed by atoms with Crippen LogP contribution in [0.1, 0.15) is 24.8 Å². The Balaban J connectivity index is 1.83. The van der Waals surface area contributed by atoms with Crippen LogP contribution < -0.4 is 11.1 Å². The quantitative estimate of drug-likeness (QED) is 0.898. The summed E-state index contributed by atoms with van der Waals surface area (Å²) in [7, 11) is 0. The molecule has 0 aromatic carbocycles. The van der Waals surface area contributed by atoms with Gasteiger partial charge in [-0.25, -0.2) is 13.8 Å². The minimum Gasteiger partial charge on any atom is -0.463 e. The Hall–Kier alpha value is -2.69. The highest BCUT2D eigenvalue weighted by atomic mass is 19.3. The molecular weight excluding hydrogens is 304 g/mol. The van der Waals surface area contributed by atoms with Gasteiger partial charge in [-0.15, -0.1) is 0 Å². The molecule has 3 rings (SSSR count). The van der Waals surface area contributed by atoms with Crippen molar-refractivity contribution >= 4 is 11.8 Å². The van der Waals surface area contributed by atoms with E-state index in [1.165, 1.54) is 6.26 Å². The number of hydrogen-bond donors (Lipinski definition) is 2. The zero-order chi connectivity index (χ0) is 16.4. The molecule has 1 saturated carbocycles. The minimum absolute atomic E-state index is 0.0188. The molecule has 0 aliphatic heterocycles. The molecule has 1 fully saturated rings. The van der Waals surface area contributed by atoms with Crippen molar-refractivity contribution < 1.29 is 13.2 Å². The number of nitrogen functional groups attached to an aromatic ring is 1. The highest BCUT2D eigenvalue weighted by Gasteiger charge is 2.39. The number of aromatic nitrogens is 2. The van der Waals surface area contributed by atoms with Gasteiger partial charge >= 0.3 is 0 Å². The average Bonchev–Trinajstić information content (AvgIpc) is 3.14. The maximum atomic E-state index is 13.2. The van der Waals surface area contributed by atoms with Gasteiger partial charge in [0.05, 0.1) is 6.26 Å². The van der Waals surface area contributed by atoms with Crippen molar-refractivity contribution in [2.24, 2.45) is 5.92 Å². The first-order valence-corrected chi connectivity index (χ1v) is 7.22. The maximum absolute atomic E-state index is 13.2. The van der Waals surface area contributed by atoms with Crippen LogP contribution in [0.2, 0.25) is 0 Å². The molecule has 2 heterocycles. The molecular formula is C15H15F2N5O. The minimum atomic E-state index is -2.60. The van der Waals surface area contributed by atoms with Crippen molar-refractivity contribution in [3.05, 3.63) is 24.0 Å². The third kappa shape index (κ3) is 3.23. The van der Waals surface area contributed by atoms with E-state index < -0.39 is 5.92 Å². The van der Waals surface area contributed by atoms with E-state index in [9.17, 15) is 14.0 Å². The van der Waals surface area contributed by atoms with Gasteiger partial charge in [0.1, 0.15) is 23.1 Å². The molecule has 1 atom stereocenters. The third-order valence-electron chi connectivity index (χ3n) is 3.86. The molecule has 0 saturated heterocycles. The highest BCUT2D eigenvalue weighted by molar-refractivity contribution is 5.71. The molecule has 0 radical (unpaired) electrons. The van der Waals surface area contributed by atoms with E-state index in [2.05, 4.69) is 15.3 Å². The van der Waals surface area contributed by atoms with E-state index in [4.69, 9.17) is 10.2 Å². The first-order chi connectivity index (χ1) is 11.0. The van der Waals surface area contributed by atoms with Crippen LogP contribution >= 0.6 is 0 Å². The summed E-state index contributed by atoms with van der Waals surface area (Å²) >= 11 is 0. The van der Waals surface area contributed by atoms with Crippen molar-refractivity contribution in [1.82, 2.24) is 9.97 Å². The van der Waals surface area contributed by atoms with Gasteiger partial charge in [0.25, 0.3) is 0 Å². The molecule has 8 heteroatoms. The summed E-state index contributed by atoms with van der Waals surface area (Å²) in [6.45, 7) is 0.304. The van der Waals surface area contributed by atoms with Gasteiger partial charge in [-0.05, 0) is 24.5 Å². The summed E-state index contributed by atoms with van der Waals surface area (Å²) < 4.78 is 31.7. The van der Waals surface area contributed by atoms with Gasteiger partial charge in [-0.1, -0.05) is 0 Å². The van der Waals surface area contributed by atoms with Crippen LogP contribution in [-0.2, 0) is 0 Å². The van der Waals surface area contributed by atoms with Crippen LogP contribution in [0.15, 0.2) is 22.8 Å². The summed E-state index contributed by atoms with van der Waals surface area (Å²) in [5, 5.41) is 12.4. The van der Waals surface area contributed by atoms with Crippen molar-refractivity contribution in [3.8, 4) is 17.5 Å². The molecule has 2 aromatic heterocycles. The molecule has 23 heavy (non-hydrogen) atoms. The van der Waals surface area contributed by atoms with Gasteiger partial charge < -0.3 is 15.5 Å². The molecule has 120 valence electrons. The van der Waals surface area contributed by atoms with E-state index in [1.807, 2.05) is 6.07 Å². The number of nitrogens with two attached hydrogens (primary N) is 1. The van der Waals surface area contributed by atoms with Crippen molar-refractivity contribution in [2.75, 3.05) is 17.6 Å². The second kappa shape index (κ2) is 5.83.